The Morgan fingerprint density at radius 1 is 1.11 bits per heavy atom. The molecule has 0 aromatic heterocycles. The van der Waals surface area contributed by atoms with Crippen molar-refractivity contribution in [3.63, 3.8) is 0 Å². The Labute approximate surface area is 107 Å². The lowest BCUT2D eigenvalue weighted by Gasteiger charge is -2.54. The number of alkyl halides is 3. The summed E-state index contributed by atoms with van der Waals surface area (Å²) in [6.45, 7) is 4.36. The van der Waals surface area contributed by atoms with Gasteiger partial charge in [-0.3, -0.25) is 4.90 Å². The summed E-state index contributed by atoms with van der Waals surface area (Å²) in [5.74, 6) is 0. The molecule has 18 heavy (non-hydrogen) atoms. The van der Waals surface area contributed by atoms with Crippen LogP contribution in [0.1, 0.15) is 46.0 Å². The van der Waals surface area contributed by atoms with Crippen molar-refractivity contribution in [1.82, 2.24) is 10.2 Å². The van der Waals surface area contributed by atoms with Crippen LogP contribution in [0.25, 0.3) is 0 Å². The first-order valence-corrected chi connectivity index (χ1v) is 6.79. The average molecular weight is 264 g/mol. The van der Waals surface area contributed by atoms with E-state index in [9.17, 15) is 13.2 Å². The molecule has 0 aromatic rings. The zero-order valence-electron chi connectivity index (χ0n) is 11.2. The molecule has 0 radical (unpaired) electrons. The van der Waals surface area contributed by atoms with Crippen LogP contribution in [0.15, 0.2) is 0 Å². The molecule has 1 aliphatic heterocycles. The van der Waals surface area contributed by atoms with E-state index in [1.165, 1.54) is 0 Å². The van der Waals surface area contributed by atoms with Crippen molar-refractivity contribution < 1.29 is 13.2 Å². The molecule has 2 fully saturated rings. The number of halogens is 3. The largest absolute Gasteiger partial charge is 0.401 e. The predicted octanol–water partition coefficient (Wildman–Crippen LogP) is 2.94. The summed E-state index contributed by atoms with van der Waals surface area (Å²) in [7, 11) is 0. The van der Waals surface area contributed by atoms with Crippen LogP contribution in [0.3, 0.4) is 0 Å². The molecule has 1 saturated heterocycles. The molecule has 1 saturated carbocycles. The Hall–Kier alpha value is -0.290. The van der Waals surface area contributed by atoms with E-state index in [2.05, 4.69) is 5.32 Å². The maximum absolute atomic E-state index is 12.8. The highest BCUT2D eigenvalue weighted by Crippen LogP contribution is 2.38. The van der Waals surface area contributed by atoms with E-state index in [0.29, 0.717) is 13.1 Å². The molecule has 2 aliphatic rings. The van der Waals surface area contributed by atoms with Gasteiger partial charge in [-0.05, 0) is 26.7 Å². The van der Waals surface area contributed by atoms with Crippen molar-refractivity contribution in [2.24, 2.45) is 0 Å². The van der Waals surface area contributed by atoms with E-state index in [1.807, 2.05) is 13.8 Å². The van der Waals surface area contributed by atoms with Gasteiger partial charge in [0.15, 0.2) is 0 Å². The van der Waals surface area contributed by atoms with Gasteiger partial charge in [0.05, 0.1) is 6.54 Å². The van der Waals surface area contributed by atoms with Gasteiger partial charge in [0, 0.05) is 24.2 Å². The Bertz CT molecular complexity index is 291. The van der Waals surface area contributed by atoms with Crippen molar-refractivity contribution in [3.8, 4) is 0 Å². The lowest BCUT2D eigenvalue weighted by molar-refractivity contribution is -0.170. The van der Waals surface area contributed by atoms with Crippen LogP contribution < -0.4 is 5.32 Å². The molecule has 0 bridgehead atoms. The van der Waals surface area contributed by atoms with Crippen LogP contribution >= 0.6 is 0 Å². The Morgan fingerprint density at radius 2 is 1.72 bits per heavy atom. The molecular weight excluding hydrogens is 241 g/mol. The van der Waals surface area contributed by atoms with E-state index in [1.54, 1.807) is 4.90 Å². The fourth-order valence-electron chi connectivity index (χ4n) is 3.36. The minimum absolute atomic E-state index is 0.228. The van der Waals surface area contributed by atoms with Crippen molar-refractivity contribution in [2.45, 2.75) is 63.2 Å². The molecule has 1 aliphatic carbocycles. The van der Waals surface area contributed by atoms with Crippen LogP contribution in [0.4, 0.5) is 13.2 Å². The maximum Gasteiger partial charge on any atom is 0.401 e. The van der Waals surface area contributed by atoms with Crippen LogP contribution in [0.2, 0.25) is 0 Å². The van der Waals surface area contributed by atoms with Crippen molar-refractivity contribution in [1.29, 1.82) is 0 Å². The predicted molar refractivity (Wildman–Crippen MR) is 65.5 cm³/mol. The molecule has 1 spiro atoms. The number of hydrogen-bond donors (Lipinski definition) is 1. The zero-order chi connectivity index (χ0) is 13.4. The van der Waals surface area contributed by atoms with Gasteiger partial charge in [0.1, 0.15) is 0 Å². The summed E-state index contributed by atoms with van der Waals surface area (Å²) in [5, 5.41) is 3.43. The first-order chi connectivity index (χ1) is 8.23. The van der Waals surface area contributed by atoms with Crippen molar-refractivity contribution >= 4 is 0 Å². The maximum atomic E-state index is 12.8. The summed E-state index contributed by atoms with van der Waals surface area (Å²) in [6, 6.07) is 0. The highest BCUT2D eigenvalue weighted by Gasteiger charge is 2.48. The fourth-order valence-corrected chi connectivity index (χ4v) is 3.36. The highest BCUT2D eigenvalue weighted by molar-refractivity contribution is 5.03. The standard InChI is InChI=1S/C13H23F3N2/c1-11(2)9-18(10-13(14,15)16)12(8-17-11)6-4-3-5-7-12/h17H,3-10H2,1-2H3. The Morgan fingerprint density at radius 3 is 2.28 bits per heavy atom. The van der Waals surface area contributed by atoms with Crippen LogP contribution in [-0.2, 0) is 0 Å². The van der Waals surface area contributed by atoms with Gasteiger partial charge in [-0.2, -0.15) is 13.2 Å². The van der Waals surface area contributed by atoms with Crippen LogP contribution in [0, 0.1) is 0 Å². The lowest BCUT2D eigenvalue weighted by Crippen LogP contribution is -2.69. The van der Waals surface area contributed by atoms with E-state index in [0.717, 1.165) is 32.1 Å². The van der Waals surface area contributed by atoms with Crippen molar-refractivity contribution in [3.05, 3.63) is 0 Å². The molecule has 5 heteroatoms. The molecule has 1 heterocycles. The molecular formula is C13H23F3N2. The normalized spacial score (nSPS) is 28.5. The second-order valence-corrected chi connectivity index (χ2v) is 6.49. The van der Waals surface area contributed by atoms with Gasteiger partial charge in [-0.15, -0.1) is 0 Å². The van der Waals surface area contributed by atoms with Gasteiger partial charge in [-0.25, -0.2) is 0 Å². The Balaban J connectivity index is 2.16. The molecule has 0 unspecified atom stereocenters. The molecule has 2 rings (SSSR count). The van der Waals surface area contributed by atoms with Crippen molar-refractivity contribution in [2.75, 3.05) is 19.6 Å². The van der Waals surface area contributed by atoms with E-state index < -0.39 is 12.7 Å². The number of rotatable bonds is 1. The second kappa shape index (κ2) is 4.67. The first kappa shape index (κ1) is 14.1. The van der Waals surface area contributed by atoms with E-state index >= 15 is 0 Å². The van der Waals surface area contributed by atoms with Crippen LogP contribution in [0.5, 0.6) is 0 Å². The van der Waals surface area contributed by atoms with Gasteiger partial charge in [-0.1, -0.05) is 19.3 Å². The number of nitrogens with zero attached hydrogens (tertiary/aromatic N) is 1. The molecule has 0 aromatic carbocycles. The lowest BCUT2D eigenvalue weighted by atomic mass is 9.77. The molecule has 106 valence electrons. The number of piperazine rings is 1. The monoisotopic (exact) mass is 264 g/mol. The third-order valence-electron chi connectivity index (χ3n) is 4.31. The van der Waals surface area contributed by atoms with Gasteiger partial charge < -0.3 is 5.32 Å². The third-order valence-corrected chi connectivity index (χ3v) is 4.31. The number of nitrogens with one attached hydrogen (secondary N) is 1. The Kier molecular flexibility index (Phi) is 3.67. The van der Waals surface area contributed by atoms with Gasteiger partial charge in [0.2, 0.25) is 0 Å². The SMILES string of the molecule is CC1(C)CN(CC(F)(F)F)C2(CCCCC2)CN1. The third kappa shape index (κ3) is 3.18. The molecule has 0 amide bonds. The summed E-state index contributed by atoms with van der Waals surface area (Å²) in [4.78, 5) is 1.70. The summed E-state index contributed by atoms with van der Waals surface area (Å²) >= 11 is 0. The second-order valence-electron chi connectivity index (χ2n) is 6.49. The average Bonchev–Trinajstić information content (AvgIpc) is 2.23. The number of hydrogen-bond acceptors (Lipinski definition) is 2. The van der Waals surface area contributed by atoms with Gasteiger partial charge >= 0.3 is 6.18 Å². The van der Waals surface area contributed by atoms with Crippen LogP contribution in [-0.4, -0.2) is 41.8 Å². The summed E-state index contributed by atoms with van der Waals surface area (Å²) in [5.41, 5.74) is -0.489. The topological polar surface area (TPSA) is 15.3 Å². The van der Waals surface area contributed by atoms with Gasteiger partial charge in [0.25, 0.3) is 0 Å². The van der Waals surface area contributed by atoms with E-state index in [4.69, 9.17) is 0 Å². The molecule has 1 N–H and O–H groups in total. The van der Waals surface area contributed by atoms with E-state index in [-0.39, 0.29) is 11.1 Å². The zero-order valence-corrected chi connectivity index (χ0v) is 11.2. The first-order valence-electron chi connectivity index (χ1n) is 6.79. The fraction of sp³-hybridized carbons (Fsp3) is 1.00. The minimum atomic E-state index is -4.10. The smallest absolute Gasteiger partial charge is 0.309 e. The quantitative estimate of drug-likeness (QED) is 0.783. The summed E-state index contributed by atoms with van der Waals surface area (Å²) < 4.78 is 38.3. The highest BCUT2D eigenvalue weighted by atomic mass is 19.4. The summed E-state index contributed by atoms with van der Waals surface area (Å²) in [6.07, 6.45) is 0.952. The molecule has 0 atom stereocenters. The minimum Gasteiger partial charge on any atom is -0.309 e. The molecule has 2 nitrogen and oxygen atoms in total.